The first kappa shape index (κ1) is 16.3. The fraction of sp³-hybridized carbons (Fsp3) is 0.636. The van der Waals surface area contributed by atoms with Crippen molar-refractivity contribution in [3.05, 3.63) is 5.01 Å². The molecule has 0 saturated carbocycles. The van der Waals surface area contributed by atoms with Gasteiger partial charge in [-0.05, 0) is 6.42 Å². The van der Waals surface area contributed by atoms with Crippen LogP contribution < -0.4 is 16.0 Å². The van der Waals surface area contributed by atoms with Gasteiger partial charge in [0.1, 0.15) is 0 Å². The van der Waals surface area contributed by atoms with E-state index in [2.05, 4.69) is 26.1 Å². The molecule has 0 aliphatic carbocycles. The highest BCUT2D eigenvalue weighted by Gasteiger charge is 2.13. The van der Waals surface area contributed by atoms with Crippen LogP contribution in [-0.4, -0.2) is 55.4 Å². The van der Waals surface area contributed by atoms with Crippen molar-refractivity contribution in [2.45, 2.75) is 13.3 Å². The van der Waals surface area contributed by atoms with Gasteiger partial charge in [-0.25, -0.2) is 0 Å². The summed E-state index contributed by atoms with van der Waals surface area (Å²) in [7, 11) is 1.55. The molecule has 0 unspecified atom stereocenters. The molecule has 0 aromatic carbocycles. The second-order valence-corrected chi connectivity index (χ2v) is 4.84. The van der Waals surface area contributed by atoms with Crippen molar-refractivity contribution in [1.82, 2.24) is 20.8 Å². The molecule has 0 saturated heterocycles. The van der Waals surface area contributed by atoms with E-state index in [1.54, 1.807) is 7.11 Å². The third kappa shape index (κ3) is 5.93. The van der Waals surface area contributed by atoms with Crippen LogP contribution >= 0.6 is 11.3 Å². The minimum atomic E-state index is -0.408. The van der Waals surface area contributed by atoms with Crippen LogP contribution in [0, 0.1) is 0 Å². The van der Waals surface area contributed by atoms with Crippen LogP contribution in [0.4, 0.5) is 5.13 Å². The summed E-state index contributed by atoms with van der Waals surface area (Å²) >= 11 is 1.16. The van der Waals surface area contributed by atoms with Gasteiger partial charge in [-0.3, -0.25) is 9.59 Å². The Morgan fingerprint density at radius 3 is 2.75 bits per heavy atom. The molecular weight excluding hydrogens is 282 g/mol. The Balaban J connectivity index is 2.31. The summed E-state index contributed by atoms with van der Waals surface area (Å²) in [4.78, 5) is 23.1. The molecule has 0 radical (unpaired) electrons. The first-order valence-electron chi connectivity index (χ1n) is 6.28. The Kier molecular flexibility index (Phi) is 7.51. The average molecular weight is 301 g/mol. The van der Waals surface area contributed by atoms with E-state index < -0.39 is 5.91 Å². The molecule has 0 aliphatic heterocycles. The zero-order valence-electron chi connectivity index (χ0n) is 11.6. The summed E-state index contributed by atoms with van der Waals surface area (Å²) in [5.74, 6) is -0.682. The van der Waals surface area contributed by atoms with E-state index in [9.17, 15) is 9.59 Å². The summed E-state index contributed by atoms with van der Waals surface area (Å²) in [6.07, 6.45) is 0.961. The first-order valence-corrected chi connectivity index (χ1v) is 7.10. The zero-order valence-corrected chi connectivity index (χ0v) is 12.4. The van der Waals surface area contributed by atoms with Crippen molar-refractivity contribution in [3.8, 4) is 0 Å². The second-order valence-electron chi connectivity index (χ2n) is 3.86. The van der Waals surface area contributed by atoms with Crippen LogP contribution in [0.5, 0.6) is 0 Å². The van der Waals surface area contributed by atoms with Gasteiger partial charge in [0.2, 0.25) is 16.0 Å². The molecule has 1 aromatic rings. The van der Waals surface area contributed by atoms with Crippen molar-refractivity contribution < 1.29 is 14.3 Å². The lowest BCUT2D eigenvalue weighted by Gasteiger charge is -2.04. The SMILES string of the molecule is CCCNc1nnc(C(=O)NCC(=O)NCCOC)s1. The van der Waals surface area contributed by atoms with Gasteiger partial charge in [-0.15, -0.1) is 10.2 Å². The van der Waals surface area contributed by atoms with Crippen molar-refractivity contribution in [1.29, 1.82) is 0 Å². The molecule has 3 N–H and O–H groups in total. The molecule has 0 bridgehead atoms. The highest BCUT2D eigenvalue weighted by Crippen LogP contribution is 2.14. The molecule has 1 aromatic heterocycles. The predicted molar refractivity (Wildman–Crippen MR) is 75.9 cm³/mol. The lowest BCUT2D eigenvalue weighted by molar-refractivity contribution is -0.120. The highest BCUT2D eigenvalue weighted by molar-refractivity contribution is 7.17. The van der Waals surface area contributed by atoms with Crippen LogP contribution in [0.1, 0.15) is 23.1 Å². The quantitative estimate of drug-likeness (QED) is 0.548. The number of aromatic nitrogens is 2. The third-order valence-electron chi connectivity index (χ3n) is 2.18. The Labute approximate surface area is 121 Å². The lowest BCUT2D eigenvalue weighted by atomic mass is 10.5. The molecule has 1 rings (SSSR count). The molecule has 20 heavy (non-hydrogen) atoms. The maximum atomic E-state index is 11.7. The van der Waals surface area contributed by atoms with Crippen LogP contribution in [0.2, 0.25) is 0 Å². The monoisotopic (exact) mass is 301 g/mol. The van der Waals surface area contributed by atoms with Crippen molar-refractivity contribution in [2.75, 3.05) is 38.7 Å². The number of hydrogen-bond donors (Lipinski definition) is 3. The third-order valence-corrected chi connectivity index (χ3v) is 3.06. The van der Waals surface area contributed by atoms with Gasteiger partial charge in [-0.1, -0.05) is 18.3 Å². The smallest absolute Gasteiger partial charge is 0.282 e. The van der Waals surface area contributed by atoms with Crippen molar-refractivity contribution in [2.24, 2.45) is 0 Å². The molecule has 112 valence electrons. The number of ether oxygens (including phenoxy) is 1. The van der Waals surface area contributed by atoms with Crippen molar-refractivity contribution in [3.63, 3.8) is 0 Å². The minimum absolute atomic E-state index is 0.0974. The van der Waals surface area contributed by atoms with Crippen molar-refractivity contribution >= 4 is 28.3 Å². The van der Waals surface area contributed by atoms with Crippen LogP contribution in [-0.2, 0) is 9.53 Å². The van der Waals surface area contributed by atoms with Gasteiger partial charge < -0.3 is 20.7 Å². The molecule has 0 aliphatic rings. The standard InChI is InChI=1S/C11H19N5O3S/c1-3-4-13-11-16-15-10(20-11)9(18)14-7-8(17)12-5-6-19-2/h3-7H2,1-2H3,(H,12,17)(H,13,16)(H,14,18). The first-order chi connectivity index (χ1) is 9.67. The minimum Gasteiger partial charge on any atom is -0.383 e. The van der Waals surface area contributed by atoms with E-state index in [1.165, 1.54) is 0 Å². The molecular formula is C11H19N5O3S. The number of anilines is 1. The summed E-state index contributed by atoms with van der Waals surface area (Å²) < 4.78 is 4.80. The molecule has 0 fully saturated rings. The lowest BCUT2D eigenvalue weighted by Crippen LogP contribution is -2.38. The molecule has 0 spiro atoms. The maximum Gasteiger partial charge on any atom is 0.282 e. The molecule has 2 amide bonds. The van der Waals surface area contributed by atoms with E-state index in [-0.39, 0.29) is 17.5 Å². The van der Waals surface area contributed by atoms with Gasteiger partial charge in [0.15, 0.2) is 0 Å². The largest absolute Gasteiger partial charge is 0.383 e. The summed E-state index contributed by atoms with van der Waals surface area (Å²) in [6.45, 7) is 3.56. The van der Waals surface area contributed by atoms with Gasteiger partial charge in [0.05, 0.1) is 13.2 Å². The Morgan fingerprint density at radius 2 is 2.05 bits per heavy atom. The van der Waals surface area contributed by atoms with E-state index in [1.807, 2.05) is 6.92 Å². The fourth-order valence-corrected chi connectivity index (χ4v) is 1.90. The normalized spacial score (nSPS) is 10.1. The van der Waals surface area contributed by atoms with E-state index in [4.69, 9.17) is 4.74 Å². The topological polar surface area (TPSA) is 105 Å². The Morgan fingerprint density at radius 1 is 1.25 bits per heavy atom. The zero-order chi connectivity index (χ0) is 14.8. The van der Waals surface area contributed by atoms with E-state index in [0.717, 1.165) is 24.3 Å². The van der Waals surface area contributed by atoms with Gasteiger partial charge in [0, 0.05) is 20.2 Å². The van der Waals surface area contributed by atoms with Crippen LogP contribution in [0.3, 0.4) is 0 Å². The van der Waals surface area contributed by atoms with Crippen LogP contribution in [0.15, 0.2) is 0 Å². The Bertz CT molecular complexity index is 437. The second kappa shape index (κ2) is 9.21. The number of carbonyl (C=O) groups is 2. The Hall–Kier alpha value is -1.74. The molecule has 8 nitrogen and oxygen atoms in total. The van der Waals surface area contributed by atoms with Gasteiger partial charge >= 0.3 is 0 Å². The number of methoxy groups -OCH3 is 1. The average Bonchev–Trinajstić information content (AvgIpc) is 2.91. The molecule has 9 heteroatoms. The number of rotatable bonds is 9. The highest BCUT2D eigenvalue weighted by atomic mass is 32.1. The van der Waals surface area contributed by atoms with Crippen LogP contribution in [0.25, 0.3) is 0 Å². The summed E-state index contributed by atoms with van der Waals surface area (Å²) in [5, 5.41) is 16.6. The fourth-order valence-electron chi connectivity index (χ4n) is 1.21. The number of hydrogen-bond acceptors (Lipinski definition) is 7. The van der Waals surface area contributed by atoms with E-state index >= 15 is 0 Å². The molecule has 1 heterocycles. The number of nitrogens with zero attached hydrogens (tertiary/aromatic N) is 2. The number of nitrogens with one attached hydrogen (secondary N) is 3. The summed E-state index contributed by atoms with van der Waals surface area (Å²) in [6, 6.07) is 0. The number of amides is 2. The molecule has 0 atom stereocenters. The van der Waals surface area contributed by atoms with Gasteiger partial charge in [0.25, 0.3) is 5.91 Å². The number of carbonyl (C=O) groups excluding carboxylic acids is 2. The summed E-state index contributed by atoms with van der Waals surface area (Å²) in [5.41, 5.74) is 0. The van der Waals surface area contributed by atoms with Gasteiger partial charge in [-0.2, -0.15) is 0 Å². The predicted octanol–water partition coefficient (Wildman–Crippen LogP) is -0.148. The van der Waals surface area contributed by atoms with E-state index in [0.29, 0.717) is 18.3 Å². The maximum absolute atomic E-state index is 11.7.